The third-order valence-electron chi connectivity index (χ3n) is 1.73. The van der Waals surface area contributed by atoms with Gasteiger partial charge < -0.3 is 0 Å². The van der Waals surface area contributed by atoms with Crippen LogP contribution in [0.1, 0.15) is 0 Å². The standard InChI is InChI=1S/C7H4FN3O2/c8-7-4-3-9-10-5(4)1-2-6(7)11(12)13/h1-3H,(H,9,10). The summed E-state index contributed by atoms with van der Waals surface area (Å²) in [5.74, 6) is -0.851. The van der Waals surface area contributed by atoms with E-state index in [0.717, 1.165) is 6.07 Å². The van der Waals surface area contributed by atoms with Crippen molar-refractivity contribution in [2.45, 2.75) is 0 Å². The van der Waals surface area contributed by atoms with Gasteiger partial charge in [0.2, 0.25) is 5.82 Å². The fourth-order valence-electron chi connectivity index (χ4n) is 1.11. The number of aromatic amines is 1. The van der Waals surface area contributed by atoms with Crippen LogP contribution in [-0.2, 0) is 0 Å². The number of nitrogens with zero attached hydrogens (tertiary/aromatic N) is 2. The molecule has 0 saturated carbocycles. The molecule has 5 nitrogen and oxygen atoms in total. The van der Waals surface area contributed by atoms with E-state index in [1.165, 1.54) is 12.3 Å². The second-order valence-electron chi connectivity index (χ2n) is 2.49. The van der Waals surface area contributed by atoms with Crippen molar-refractivity contribution in [2.24, 2.45) is 0 Å². The fourth-order valence-corrected chi connectivity index (χ4v) is 1.11. The second-order valence-corrected chi connectivity index (χ2v) is 2.49. The van der Waals surface area contributed by atoms with Crippen LogP contribution in [0.5, 0.6) is 0 Å². The molecular formula is C7H4FN3O2. The number of hydrogen-bond acceptors (Lipinski definition) is 3. The van der Waals surface area contributed by atoms with Gasteiger partial charge in [-0.1, -0.05) is 0 Å². The highest BCUT2D eigenvalue weighted by atomic mass is 19.1. The molecular weight excluding hydrogens is 177 g/mol. The van der Waals surface area contributed by atoms with E-state index in [4.69, 9.17) is 0 Å². The van der Waals surface area contributed by atoms with E-state index in [1.807, 2.05) is 0 Å². The smallest absolute Gasteiger partial charge is 0.278 e. The molecule has 1 heterocycles. The van der Waals surface area contributed by atoms with Crippen molar-refractivity contribution in [3.05, 3.63) is 34.3 Å². The minimum atomic E-state index is -0.851. The van der Waals surface area contributed by atoms with Gasteiger partial charge in [-0.25, -0.2) is 0 Å². The first-order valence-electron chi connectivity index (χ1n) is 3.46. The number of rotatable bonds is 1. The van der Waals surface area contributed by atoms with Gasteiger partial charge >= 0.3 is 5.69 Å². The van der Waals surface area contributed by atoms with E-state index < -0.39 is 16.4 Å². The largest absolute Gasteiger partial charge is 0.305 e. The van der Waals surface area contributed by atoms with Crippen molar-refractivity contribution < 1.29 is 9.31 Å². The van der Waals surface area contributed by atoms with Crippen molar-refractivity contribution in [2.75, 3.05) is 0 Å². The molecule has 2 aromatic rings. The molecule has 1 N–H and O–H groups in total. The molecule has 0 aliphatic heterocycles. The van der Waals surface area contributed by atoms with Gasteiger partial charge in [-0.05, 0) is 6.07 Å². The van der Waals surface area contributed by atoms with E-state index in [1.54, 1.807) is 0 Å². The number of nitro groups is 1. The van der Waals surface area contributed by atoms with Gasteiger partial charge in [0.15, 0.2) is 0 Å². The Hall–Kier alpha value is -1.98. The predicted octanol–water partition coefficient (Wildman–Crippen LogP) is 1.61. The Morgan fingerprint density at radius 3 is 3.00 bits per heavy atom. The molecule has 1 aromatic heterocycles. The zero-order valence-corrected chi connectivity index (χ0v) is 6.32. The van der Waals surface area contributed by atoms with Crippen LogP contribution < -0.4 is 0 Å². The number of hydrogen-bond donors (Lipinski definition) is 1. The fraction of sp³-hybridized carbons (Fsp3) is 0. The molecule has 0 fully saturated rings. The molecule has 0 atom stereocenters. The number of H-pyrrole nitrogens is 1. The topological polar surface area (TPSA) is 71.8 Å². The van der Waals surface area contributed by atoms with E-state index >= 15 is 0 Å². The Balaban J connectivity index is 2.80. The number of aromatic nitrogens is 2. The molecule has 0 radical (unpaired) electrons. The summed E-state index contributed by atoms with van der Waals surface area (Å²) >= 11 is 0. The Labute approximate surface area is 71.3 Å². The third kappa shape index (κ3) is 1.03. The van der Waals surface area contributed by atoms with Gasteiger partial charge in [0, 0.05) is 6.07 Å². The summed E-state index contributed by atoms with van der Waals surface area (Å²) in [7, 11) is 0. The molecule has 6 heteroatoms. The third-order valence-corrected chi connectivity index (χ3v) is 1.73. The Bertz CT molecular complexity index is 480. The van der Waals surface area contributed by atoms with Crippen molar-refractivity contribution in [1.82, 2.24) is 10.2 Å². The summed E-state index contributed by atoms with van der Waals surface area (Å²) in [5, 5.41) is 16.5. The van der Waals surface area contributed by atoms with E-state index in [0.29, 0.717) is 5.52 Å². The molecule has 0 amide bonds. The first-order chi connectivity index (χ1) is 6.20. The SMILES string of the molecule is O=[N+]([O-])c1ccc2[nH]ncc2c1F. The molecule has 66 valence electrons. The van der Waals surface area contributed by atoms with E-state index in [2.05, 4.69) is 10.2 Å². The maximum atomic E-state index is 13.3. The van der Waals surface area contributed by atoms with Crippen LogP contribution in [0.4, 0.5) is 10.1 Å². The number of fused-ring (bicyclic) bond motifs is 1. The molecule has 13 heavy (non-hydrogen) atoms. The lowest BCUT2D eigenvalue weighted by molar-refractivity contribution is -0.387. The summed E-state index contributed by atoms with van der Waals surface area (Å²) in [6.45, 7) is 0. The Kier molecular flexibility index (Phi) is 1.48. The molecule has 0 unspecified atom stereocenters. The van der Waals surface area contributed by atoms with Crippen LogP contribution in [-0.4, -0.2) is 15.1 Å². The number of benzene rings is 1. The van der Waals surface area contributed by atoms with Crippen LogP contribution in [0.25, 0.3) is 10.9 Å². The van der Waals surface area contributed by atoms with E-state index in [-0.39, 0.29) is 5.39 Å². The summed E-state index contributed by atoms with van der Waals surface area (Å²) in [6, 6.07) is 2.53. The molecule has 2 rings (SSSR count). The zero-order valence-electron chi connectivity index (χ0n) is 6.32. The van der Waals surface area contributed by atoms with Crippen molar-refractivity contribution in [3.8, 4) is 0 Å². The molecule has 1 aromatic carbocycles. The molecule has 0 bridgehead atoms. The highest BCUT2D eigenvalue weighted by Crippen LogP contribution is 2.24. The normalized spacial score (nSPS) is 10.5. The van der Waals surface area contributed by atoms with Crippen molar-refractivity contribution >= 4 is 16.6 Å². The average molecular weight is 181 g/mol. The molecule has 0 aliphatic rings. The van der Waals surface area contributed by atoms with Crippen molar-refractivity contribution in [1.29, 1.82) is 0 Å². The number of nitro benzene ring substituents is 1. The van der Waals surface area contributed by atoms with Crippen LogP contribution in [0.2, 0.25) is 0 Å². The van der Waals surface area contributed by atoms with Gasteiger partial charge in [-0.15, -0.1) is 0 Å². The van der Waals surface area contributed by atoms with E-state index in [9.17, 15) is 14.5 Å². The maximum Gasteiger partial charge on any atom is 0.305 e. The number of halogens is 1. The zero-order chi connectivity index (χ0) is 9.42. The van der Waals surface area contributed by atoms with Gasteiger partial charge in [-0.3, -0.25) is 15.2 Å². The summed E-state index contributed by atoms with van der Waals surface area (Å²) < 4.78 is 13.3. The quantitative estimate of drug-likeness (QED) is 0.536. The van der Waals surface area contributed by atoms with Gasteiger partial charge in [0.25, 0.3) is 0 Å². The Morgan fingerprint density at radius 2 is 2.31 bits per heavy atom. The average Bonchev–Trinajstić information content (AvgIpc) is 2.52. The van der Waals surface area contributed by atoms with Crippen LogP contribution >= 0.6 is 0 Å². The number of nitrogens with one attached hydrogen (secondary N) is 1. The van der Waals surface area contributed by atoms with Crippen LogP contribution in [0, 0.1) is 15.9 Å². The summed E-state index contributed by atoms with van der Waals surface area (Å²) in [4.78, 5) is 9.56. The lowest BCUT2D eigenvalue weighted by atomic mass is 10.2. The predicted molar refractivity (Wildman–Crippen MR) is 42.7 cm³/mol. The summed E-state index contributed by atoms with van der Waals surface area (Å²) in [5.41, 5.74) is -0.0861. The van der Waals surface area contributed by atoms with Crippen LogP contribution in [0.15, 0.2) is 18.3 Å². The molecule has 0 aliphatic carbocycles. The lowest BCUT2D eigenvalue weighted by Gasteiger charge is -1.93. The minimum Gasteiger partial charge on any atom is -0.278 e. The molecule has 0 spiro atoms. The first-order valence-corrected chi connectivity index (χ1v) is 3.46. The minimum absolute atomic E-state index is 0.134. The highest BCUT2D eigenvalue weighted by Gasteiger charge is 2.17. The highest BCUT2D eigenvalue weighted by molar-refractivity contribution is 5.81. The lowest BCUT2D eigenvalue weighted by Crippen LogP contribution is -1.91. The second kappa shape index (κ2) is 2.51. The monoisotopic (exact) mass is 181 g/mol. The Morgan fingerprint density at radius 1 is 1.54 bits per heavy atom. The van der Waals surface area contributed by atoms with Gasteiger partial charge in [0.05, 0.1) is 22.0 Å². The van der Waals surface area contributed by atoms with Crippen LogP contribution in [0.3, 0.4) is 0 Å². The van der Waals surface area contributed by atoms with Gasteiger partial charge in [0.1, 0.15) is 0 Å². The van der Waals surface area contributed by atoms with Gasteiger partial charge in [-0.2, -0.15) is 9.49 Å². The molecule has 0 saturated heterocycles. The summed E-state index contributed by atoms with van der Waals surface area (Å²) in [6.07, 6.45) is 1.22. The maximum absolute atomic E-state index is 13.3. The van der Waals surface area contributed by atoms with Crippen molar-refractivity contribution in [3.63, 3.8) is 0 Å². The first kappa shape index (κ1) is 7.66.